The highest BCUT2D eigenvalue weighted by atomic mass is 35.5. The third kappa shape index (κ3) is 7.12. The topological polar surface area (TPSA) is 68.8 Å². The molecule has 46 heavy (non-hydrogen) atoms. The summed E-state index contributed by atoms with van der Waals surface area (Å²) in [7, 11) is -1.58. The van der Waals surface area contributed by atoms with Crippen molar-refractivity contribution in [1.82, 2.24) is 14.6 Å². The molecule has 4 aromatic rings. The lowest BCUT2D eigenvalue weighted by Gasteiger charge is -2.37. The number of para-hydroxylation sites is 1. The molecular weight excluding hydrogens is 662 g/mol. The molecule has 0 saturated carbocycles. The maximum Gasteiger partial charge on any atom is 0.416 e. The van der Waals surface area contributed by atoms with E-state index in [1.54, 1.807) is 52.9 Å². The van der Waals surface area contributed by atoms with Gasteiger partial charge in [0.1, 0.15) is 32.9 Å². The van der Waals surface area contributed by atoms with Crippen LogP contribution in [-0.2, 0) is 28.5 Å². The Labute approximate surface area is 274 Å². The number of rotatable bonds is 8. The fourth-order valence-electron chi connectivity index (χ4n) is 5.39. The first-order valence-corrected chi connectivity index (χ1v) is 16.7. The Morgan fingerprint density at radius 1 is 1.00 bits per heavy atom. The van der Waals surface area contributed by atoms with Crippen LogP contribution in [0.4, 0.5) is 29.1 Å². The van der Waals surface area contributed by atoms with Gasteiger partial charge in [-0.2, -0.15) is 17.5 Å². The van der Waals surface area contributed by atoms with Gasteiger partial charge in [-0.05, 0) is 54.1 Å². The fourth-order valence-corrected chi connectivity index (χ4v) is 8.16. The minimum Gasteiger partial charge on any atom is -0.366 e. The van der Waals surface area contributed by atoms with Crippen molar-refractivity contribution in [2.75, 3.05) is 42.5 Å². The van der Waals surface area contributed by atoms with Crippen molar-refractivity contribution in [2.24, 2.45) is 0 Å². The summed E-state index contributed by atoms with van der Waals surface area (Å²) in [4.78, 5) is 22.1. The van der Waals surface area contributed by atoms with Crippen LogP contribution >= 0.6 is 22.9 Å². The molecule has 2 aromatic heterocycles. The van der Waals surface area contributed by atoms with Crippen molar-refractivity contribution in [2.45, 2.75) is 23.0 Å². The second kappa shape index (κ2) is 13.5. The largest absolute Gasteiger partial charge is 0.416 e. The van der Waals surface area contributed by atoms with Crippen LogP contribution in [-0.4, -0.2) is 58.2 Å². The molecule has 1 amide bonds. The number of hydrogen-bond donors (Lipinski definition) is 1. The predicted molar refractivity (Wildman–Crippen MR) is 173 cm³/mol. The van der Waals surface area contributed by atoms with E-state index < -0.39 is 28.8 Å². The van der Waals surface area contributed by atoms with Crippen molar-refractivity contribution >= 4 is 51.3 Å². The van der Waals surface area contributed by atoms with Gasteiger partial charge in [-0.3, -0.25) is 4.79 Å². The Bertz CT molecular complexity index is 1770. The zero-order valence-electron chi connectivity index (χ0n) is 24.2. The number of pyridine rings is 1. The van der Waals surface area contributed by atoms with E-state index in [1.165, 1.54) is 29.5 Å². The van der Waals surface area contributed by atoms with E-state index in [4.69, 9.17) is 16.6 Å². The quantitative estimate of drug-likeness (QED) is 0.169. The molecule has 0 spiro atoms. The molecule has 2 aliphatic heterocycles. The molecule has 2 aliphatic rings. The Morgan fingerprint density at radius 3 is 2.39 bits per heavy atom. The Morgan fingerprint density at radius 2 is 1.72 bits per heavy atom. The highest BCUT2D eigenvalue weighted by Gasteiger charge is 2.32. The van der Waals surface area contributed by atoms with Crippen LogP contribution in [0.5, 0.6) is 0 Å². The van der Waals surface area contributed by atoms with Crippen LogP contribution in [0.3, 0.4) is 0 Å². The molecule has 1 N–H and O–H groups in total. The first-order chi connectivity index (χ1) is 22.1. The van der Waals surface area contributed by atoms with E-state index in [0.717, 1.165) is 12.1 Å². The van der Waals surface area contributed by atoms with Crippen LogP contribution in [0.25, 0.3) is 11.3 Å². The SMILES string of the molecule is O=C(NCc1cc(-c2ccc(C(F)(F)F)cc2)nc(N2CCN(c3ccccc3F)CC2)c1)[C@@H]1C=CCN1S(=O)c1ccc(Cl)s1. The first kappa shape index (κ1) is 32.2. The summed E-state index contributed by atoms with van der Waals surface area (Å²) in [5, 5.41) is 2.92. The van der Waals surface area contributed by atoms with Crippen LogP contribution in [0.2, 0.25) is 4.34 Å². The number of carbonyl (C=O) groups is 1. The lowest BCUT2D eigenvalue weighted by Crippen LogP contribution is -2.47. The number of hydrogen-bond acceptors (Lipinski definition) is 6. The molecule has 0 radical (unpaired) electrons. The van der Waals surface area contributed by atoms with Crippen LogP contribution in [0, 0.1) is 5.82 Å². The average Bonchev–Trinajstić information content (AvgIpc) is 3.73. The van der Waals surface area contributed by atoms with E-state index in [9.17, 15) is 26.6 Å². The molecule has 7 nitrogen and oxygen atoms in total. The Kier molecular flexibility index (Phi) is 9.46. The average molecular weight is 690 g/mol. The number of halogens is 5. The number of benzene rings is 2. The van der Waals surface area contributed by atoms with Crippen LogP contribution in [0.15, 0.2) is 89.2 Å². The van der Waals surface area contributed by atoms with Gasteiger partial charge in [-0.15, -0.1) is 11.3 Å². The summed E-state index contributed by atoms with van der Waals surface area (Å²) >= 11 is 7.21. The second-order valence-electron chi connectivity index (χ2n) is 10.7. The summed E-state index contributed by atoms with van der Waals surface area (Å²) in [6.45, 7) is 2.57. The highest BCUT2D eigenvalue weighted by Crippen LogP contribution is 2.32. The van der Waals surface area contributed by atoms with E-state index in [-0.39, 0.29) is 18.3 Å². The van der Waals surface area contributed by atoms with Crippen molar-refractivity contribution in [1.29, 1.82) is 0 Å². The number of carbonyl (C=O) groups excluding carboxylic acids is 1. The molecule has 1 fully saturated rings. The summed E-state index contributed by atoms with van der Waals surface area (Å²) < 4.78 is 69.9. The van der Waals surface area contributed by atoms with Crippen molar-refractivity contribution in [3.63, 3.8) is 0 Å². The van der Waals surface area contributed by atoms with Crippen LogP contribution < -0.4 is 15.1 Å². The van der Waals surface area contributed by atoms with Gasteiger partial charge in [0.2, 0.25) is 5.91 Å². The molecule has 2 atom stereocenters. The molecule has 0 bridgehead atoms. The fraction of sp³-hybridized carbons (Fsp3) is 0.250. The third-order valence-electron chi connectivity index (χ3n) is 7.76. The number of nitrogens with zero attached hydrogens (tertiary/aromatic N) is 4. The maximum absolute atomic E-state index is 14.4. The summed E-state index contributed by atoms with van der Waals surface area (Å²) in [6, 6.07) is 17.5. The molecule has 6 rings (SSSR count). The monoisotopic (exact) mass is 689 g/mol. The number of nitrogens with one attached hydrogen (secondary N) is 1. The number of piperazine rings is 1. The summed E-state index contributed by atoms with van der Waals surface area (Å²) in [6.07, 6.45) is -0.988. The van der Waals surface area contributed by atoms with Crippen molar-refractivity contribution in [3.8, 4) is 11.3 Å². The predicted octanol–water partition coefficient (Wildman–Crippen LogP) is 6.53. The maximum atomic E-state index is 14.4. The minimum atomic E-state index is -4.47. The lowest BCUT2D eigenvalue weighted by atomic mass is 10.1. The zero-order chi connectivity index (χ0) is 32.4. The summed E-state index contributed by atoms with van der Waals surface area (Å²) in [5.41, 5.74) is 1.38. The number of aromatic nitrogens is 1. The minimum absolute atomic E-state index is 0.104. The first-order valence-electron chi connectivity index (χ1n) is 14.4. The molecular formula is C32H28ClF4N5O2S2. The number of alkyl halides is 3. The van der Waals surface area contributed by atoms with Gasteiger partial charge < -0.3 is 15.1 Å². The molecule has 1 unspecified atom stereocenters. The number of amides is 1. The van der Waals surface area contributed by atoms with Gasteiger partial charge in [0.05, 0.1) is 21.3 Å². The van der Waals surface area contributed by atoms with Crippen LogP contribution in [0.1, 0.15) is 11.1 Å². The summed E-state index contributed by atoms with van der Waals surface area (Å²) in [5.74, 6) is -0.0549. The molecule has 14 heteroatoms. The Hall–Kier alpha value is -3.78. The van der Waals surface area contributed by atoms with Gasteiger partial charge >= 0.3 is 6.18 Å². The molecule has 0 aliphatic carbocycles. The molecule has 4 heterocycles. The van der Waals surface area contributed by atoms with Crippen molar-refractivity contribution in [3.05, 3.63) is 106 Å². The van der Waals surface area contributed by atoms with Crippen molar-refractivity contribution < 1.29 is 26.6 Å². The lowest BCUT2D eigenvalue weighted by molar-refractivity contribution is -0.137. The Balaban J connectivity index is 1.22. The van der Waals surface area contributed by atoms with Gasteiger partial charge in [0.25, 0.3) is 0 Å². The van der Waals surface area contributed by atoms with E-state index >= 15 is 0 Å². The van der Waals surface area contributed by atoms with E-state index in [0.29, 0.717) is 69.6 Å². The van der Waals surface area contributed by atoms with Gasteiger partial charge in [-0.25, -0.2) is 13.6 Å². The standard InChI is InChI=1S/C32H28ClF4N5O2S2/c33-28-11-12-30(45-28)46(44)42-13-3-6-27(42)31(43)38-20-21-18-25(22-7-9-23(10-8-22)32(35,36)37)39-29(19-21)41-16-14-40(15-17-41)26-5-2-1-4-24(26)34/h1-12,18-19,27H,13-17,20H2,(H,38,43)/t27-,46?/m0/s1. The molecule has 240 valence electrons. The van der Waals surface area contributed by atoms with Gasteiger partial charge in [-0.1, -0.05) is 48.0 Å². The van der Waals surface area contributed by atoms with Gasteiger partial charge in [0, 0.05) is 44.8 Å². The normalized spacial score (nSPS) is 17.8. The third-order valence-corrected chi connectivity index (χ3v) is 10.7. The number of thiophene rings is 1. The van der Waals surface area contributed by atoms with E-state index in [2.05, 4.69) is 5.32 Å². The second-order valence-corrected chi connectivity index (χ2v) is 14.1. The van der Waals surface area contributed by atoms with Gasteiger partial charge in [0.15, 0.2) is 0 Å². The number of anilines is 2. The van der Waals surface area contributed by atoms with E-state index in [1.807, 2.05) is 15.9 Å². The molecule has 1 saturated heterocycles. The molecule has 2 aromatic carbocycles. The smallest absolute Gasteiger partial charge is 0.366 e. The highest BCUT2D eigenvalue weighted by molar-refractivity contribution is 7.85. The zero-order valence-corrected chi connectivity index (χ0v) is 26.6.